The molecule has 0 saturated carbocycles. The van der Waals surface area contributed by atoms with E-state index in [1.165, 1.54) is 11.6 Å². The van der Waals surface area contributed by atoms with Crippen LogP contribution in [0.15, 0.2) is 42.5 Å². The maximum Gasteiger partial charge on any atom is 0.175 e. The van der Waals surface area contributed by atoms with E-state index in [4.69, 9.17) is 12.2 Å². The van der Waals surface area contributed by atoms with Gasteiger partial charge in [0.2, 0.25) is 0 Å². The highest BCUT2D eigenvalue weighted by Crippen LogP contribution is 2.18. The molecule has 0 amide bonds. The Labute approximate surface area is 124 Å². The molecule has 2 rings (SSSR count). The summed E-state index contributed by atoms with van der Waals surface area (Å²) in [6.45, 7) is 3.83. The van der Waals surface area contributed by atoms with Crippen molar-refractivity contribution in [3.05, 3.63) is 59.4 Å². The van der Waals surface area contributed by atoms with E-state index in [-0.39, 0.29) is 5.82 Å². The Morgan fingerprint density at radius 3 is 2.45 bits per heavy atom. The summed E-state index contributed by atoms with van der Waals surface area (Å²) >= 11 is 5.24. The van der Waals surface area contributed by atoms with Crippen molar-refractivity contribution in [2.24, 2.45) is 0 Å². The molecule has 2 aromatic rings. The maximum absolute atomic E-state index is 13.4. The van der Waals surface area contributed by atoms with Gasteiger partial charge in [-0.1, -0.05) is 25.1 Å². The second kappa shape index (κ2) is 6.48. The van der Waals surface area contributed by atoms with Gasteiger partial charge in [0.25, 0.3) is 0 Å². The van der Waals surface area contributed by atoms with Crippen LogP contribution in [0.25, 0.3) is 0 Å². The van der Waals surface area contributed by atoms with Gasteiger partial charge in [0.15, 0.2) is 5.11 Å². The lowest BCUT2D eigenvalue weighted by Crippen LogP contribution is -2.19. The number of hydrogen-bond donors (Lipinski definition) is 2. The molecule has 2 N–H and O–H groups in total. The van der Waals surface area contributed by atoms with E-state index >= 15 is 0 Å². The molecule has 0 aliphatic heterocycles. The normalized spacial score (nSPS) is 10.2. The highest BCUT2D eigenvalue weighted by molar-refractivity contribution is 7.80. The number of rotatable bonds is 3. The van der Waals surface area contributed by atoms with Gasteiger partial charge in [-0.15, -0.1) is 0 Å². The van der Waals surface area contributed by atoms with Crippen molar-refractivity contribution >= 4 is 28.7 Å². The number of hydrogen-bond acceptors (Lipinski definition) is 1. The monoisotopic (exact) mass is 288 g/mol. The van der Waals surface area contributed by atoms with Crippen molar-refractivity contribution < 1.29 is 4.39 Å². The van der Waals surface area contributed by atoms with Crippen molar-refractivity contribution in [2.75, 3.05) is 10.6 Å². The number of benzene rings is 2. The summed E-state index contributed by atoms with van der Waals surface area (Å²) in [7, 11) is 0. The van der Waals surface area contributed by atoms with Crippen LogP contribution in [0, 0.1) is 12.7 Å². The number of anilines is 2. The maximum atomic E-state index is 13.4. The molecule has 2 aromatic carbocycles. The van der Waals surface area contributed by atoms with Crippen LogP contribution in [-0.4, -0.2) is 5.11 Å². The van der Waals surface area contributed by atoms with Crippen LogP contribution in [-0.2, 0) is 6.42 Å². The van der Waals surface area contributed by atoms with Gasteiger partial charge in [0.1, 0.15) is 5.82 Å². The lowest BCUT2D eigenvalue weighted by Gasteiger charge is -2.13. The second-order valence-corrected chi connectivity index (χ2v) is 4.95. The zero-order chi connectivity index (χ0) is 14.5. The second-order valence-electron chi connectivity index (χ2n) is 4.54. The van der Waals surface area contributed by atoms with Gasteiger partial charge in [0, 0.05) is 16.9 Å². The minimum atomic E-state index is -0.245. The molecule has 0 aliphatic rings. The summed E-state index contributed by atoms with van der Waals surface area (Å²) in [6, 6.07) is 12.9. The van der Waals surface area contributed by atoms with E-state index < -0.39 is 0 Å². The van der Waals surface area contributed by atoms with Crippen LogP contribution in [0.2, 0.25) is 0 Å². The first kappa shape index (κ1) is 14.5. The predicted molar refractivity (Wildman–Crippen MR) is 86.8 cm³/mol. The van der Waals surface area contributed by atoms with Crippen LogP contribution >= 0.6 is 12.2 Å². The number of nitrogens with one attached hydrogen (secondary N) is 2. The molecule has 0 unspecified atom stereocenters. The van der Waals surface area contributed by atoms with Crippen molar-refractivity contribution in [3.8, 4) is 0 Å². The fraction of sp³-hybridized carbons (Fsp3) is 0.188. The summed E-state index contributed by atoms with van der Waals surface area (Å²) in [4.78, 5) is 0. The molecule has 0 fully saturated rings. The molecule has 0 aliphatic carbocycles. The molecule has 20 heavy (non-hydrogen) atoms. The lowest BCUT2D eigenvalue weighted by atomic mass is 10.1. The SMILES string of the molecule is CCc1ccc(NC(=S)Nc2cccc(F)c2C)cc1. The highest BCUT2D eigenvalue weighted by atomic mass is 32.1. The zero-order valence-electron chi connectivity index (χ0n) is 11.5. The fourth-order valence-electron chi connectivity index (χ4n) is 1.85. The average molecular weight is 288 g/mol. The van der Waals surface area contributed by atoms with Gasteiger partial charge in [-0.25, -0.2) is 4.39 Å². The topological polar surface area (TPSA) is 24.1 Å². The molecule has 4 heteroatoms. The molecule has 2 nitrogen and oxygen atoms in total. The Kier molecular flexibility index (Phi) is 4.69. The van der Waals surface area contributed by atoms with Crippen LogP contribution in [0.5, 0.6) is 0 Å². The van der Waals surface area contributed by atoms with Gasteiger partial charge >= 0.3 is 0 Å². The van der Waals surface area contributed by atoms with Gasteiger partial charge in [-0.3, -0.25) is 0 Å². The Morgan fingerprint density at radius 1 is 1.10 bits per heavy atom. The molecule has 104 valence electrons. The minimum Gasteiger partial charge on any atom is -0.332 e. The van der Waals surface area contributed by atoms with E-state index in [1.54, 1.807) is 19.1 Å². The summed E-state index contributed by atoms with van der Waals surface area (Å²) < 4.78 is 13.4. The third-order valence-electron chi connectivity index (χ3n) is 3.14. The third-order valence-corrected chi connectivity index (χ3v) is 3.34. The summed E-state index contributed by atoms with van der Waals surface area (Å²) in [5, 5.41) is 6.54. The van der Waals surface area contributed by atoms with E-state index in [2.05, 4.69) is 29.7 Å². The predicted octanol–water partition coefficient (Wildman–Crippen LogP) is 4.51. The summed E-state index contributed by atoms with van der Waals surface area (Å²) in [5.74, 6) is -0.245. The summed E-state index contributed by atoms with van der Waals surface area (Å²) in [5.41, 5.74) is 3.41. The molecule has 0 spiro atoms. The van der Waals surface area contributed by atoms with Gasteiger partial charge in [-0.05, 0) is 55.4 Å². The zero-order valence-corrected chi connectivity index (χ0v) is 12.4. The van der Waals surface area contributed by atoms with Crippen LogP contribution in [0.4, 0.5) is 15.8 Å². The Morgan fingerprint density at radius 2 is 1.80 bits per heavy atom. The Hall–Kier alpha value is -1.94. The van der Waals surface area contributed by atoms with Crippen molar-refractivity contribution in [1.82, 2.24) is 0 Å². The number of halogens is 1. The molecule has 0 saturated heterocycles. The van der Waals surface area contributed by atoms with Crippen molar-refractivity contribution in [3.63, 3.8) is 0 Å². The summed E-state index contributed by atoms with van der Waals surface area (Å²) in [6.07, 6.45) is 1.01. The molecular weight excluding hydrogens is 271 g/mol. The molecular formula is C16H17FN2S. The van der Waals surface area contributed by atoms with Crippen molar-refractivity contribution in [2.45, 2.75) is 20.3 Å². The van der Waals surface area contributed by atoms with Crippen LogP contribution < -0.4 is 10.6 Å². The molecule has 0 aromatic heterocycles. The van der Waals surface area contributed by atoms with Gasteiger partial charge in [-0.2, -0.15) is 0 Å². The molecule has 0 radical (unpaired) electrons. The molecule has 0 heterocycles. The Balaban J connectivity index is 2.03. The quantitative estimate of drug-likeness (QED) is 0.813. The standard InChI is InChI=1S/C16H17FN2S/c1-3-12-7-9-13(10-8-12)18-16(20)19-15-6-4-5-14(17)11(15)2/h4-10H,3H2,1-2H3,(H2,18,19,20). The molecule has 0 atom stereocenters. The van der Waals surface area contributed by atoms with Crippen LogP contribution in [0.1, 0.15) is 18.1 Å². The molecule has 0 bridgehead atoms. The average Bonchev–Trinajstić information content (AvgIpc) is 2.45. The van der Waals surface area contributed by atoms with Crippen molar-refractivity contribution in [1.29, 1.82) is 0 Å². The van der Waals surface area contributed by atoms with Gasteiger partial charge in [0.05, 0.1) is 0 Å². The minimum absolute atomic E-state index is 0.245. The first-order valence-corrected chi connectivity index (χ1v) is 6.93. The lowest BCUT2D eigenvalue weighted by molar-refractivity contribution is 0.619. The smallest absolute Gasteiger partial charge is 0.175 e. The van der Waals surface area contributed by atoms with E-state index in [1.807, 2.05) is 12.1 Å². The first-order chi connectivity index (χ1) is 9.60. The number of aryl methyl sites for hydroxylation is 1. The van der Waals surface area contributed by atoms with Crippen LogP contribution in [0.3, 0.4) is 0 Å². The highest BCUT2D eigenvalue weighted by Gasteiger charge is 2.05. The van der Waals surface area contributed by atoms with E-state index in [9.17, 15) is 4.39 Å². The largest absolute Gasteiger partial charge is 0.332 e. The number of thiocarbonyl (C=S) groups is 1. The van der Waals surface area contributed by atoms with E-state index in [0.717, 1.165) is 12.1 Å². The fourth-order valence-corrected chi connectivity index (χ4v) is 2.08. The van der Waals surface area contributed by atoms with Gasteiger partial charge < -0.3 is 10.6 Å². The third kappa shape index (κ3) is 3.54. The van der Waals surface area contributed by atoms with E-state index in [0.29, 0.717) is 16.4 Å². The first-order valence-electron chi connectivity index (χ1n) is 6.52. The Bertz CT molecular complexity index is 608.